The molecule has 0 aliphatic heterocycles. The topological polar surface area (TPSA) is 82.3 Å². The van der Waals surface area contributed by atoms with Gasteiger partial charge in [0.1, 0.15) is 11.4 Å². The Morgan fingerprint density at radius 3 is 2.54 bits per heavy atom. The summed E-state index contributed by atoms with van der Waals surface area (Å²) in [7, 11) is 0. The second kappa shape index (κ2) is 5.16. The third kappa shape index (κ3) is 1.84. The Kier molecular flexibility index (Phi) is 3.09. The van der Waals surface area contributed by atoms with E-state index >= 15 is 0 Å². The number of anilines is 1. The van der Waals surface area contributed by atoms with E-state index in [-0.39, 0.29) is 23.8 Å². The molecule has 0 radical (unpaired) electrons. The molecule has 1 aliphatic carbocycles. The molecule has 0 bridgehead atoms. The van der Waals surface area contributed by atoms with E-state index in [1.807, 2.05) is 12.1 Å². The van der Waals surface area contributed by atoms with Crippen LogP contribution in [0, 0.1) is 0 Å². The fraction of sp³-hybridized carbons (Fsp3) is 0.105. The lowest BCUT2D eigenvalue weighted by Gasteiger charge is -2.22. The van der Waals surface area contributed by atoms with Gasteiger partial charge in [0, 0.05) is 22.1 Å². The average Bonchev–Trinajstić information content (AvgIpc) is 2.59. The number of hydrogen-bond donors (Lipinski definition) is 1. The molecule has 2 aromatic carbocycles. The fourth-order valence-corrected chi connectivity index (χ4v) is 3.25. The molecule has 1 aliphatic rings. The van der Waals surface area contributed by atoms with Gasteiger partial charge in [-0.25, -0.2) is 9.78 Å². The van der Waals surface area contributed by atoms with Crippen LogP contribution in [0.15, 0.2) is 42.5 Å². The lowest BCUT2D eigenvalue weighted by molar-refractivity contribution is 0.0528. The van der Waals surface area contributed by atoms with E-state index in [4.69, 9.17) is 10.5 Å². The summed E-state index contributed by atoms with van der Waals surface area (Å²) in [5, 5.41) is 0.651. The van der Waals surface area contributed by atoms with Crippen molar-refractivity contribution in [2.45, 2.75) is 6.92 Å². The highest BCUT2D eigenvalue weighted by molar-refractivity contribution is 6.28. The van der Waals surface area contributed by atoms with Crippen LogP contribution in [0.1, 0.15) is 33.2 Å². The number of carbonyl (C=O) groups excluding carboxylic acids is 2. The minimum absolute atomic E-state index is 0.0786. The normalized spacial score (nSPS) is 12.1. The summed E-state index contributed by atoms with van der Waals surface area (Å²) in [5.74, 6) is -0.499. The van der Waals surface area contributed by atoms with Crippen LogP contribution >= 0.6 is 0 Å². The molecule has 0 unspecified atom stereocenters. The number of hydrogen-bond acceptors (Lipinski definition) is 5. The molecule has 0 atom stereocenters. The summed E-state index contributed by atoms with van der Waals surface area (Å²) >= 11 is 0. The molecular formula is C19H14N2O3. The van der Waals surface area contributed by atoms with Crippen LogP contribution < -0.4 is 5.73 Å². The van der Waals surface area contributed by atoms with Crippen molar-refractivity contribution in [3.63, 3.8) is 0 Å². The summed E-state index contributed by atoms with van der Waals surface area (Å²) in [6.07, 6.45) is 0. The highest BCUT2D eigenvalue weighted by atomic mass is 16.5. The van der Waals surface area contributed by atoms with Gasteiger partial charge in [0.25, 0.3) is 0 Å². The first-order chi connectivity index (χ1) is 11.6. The first-order valence-electron chi connectivity index (χ1n) is 7.67. The van der Waals surface area contributed by atoms with Gasteiger partial charge in [0.05, 0.1) is 12.1 Å². The summed E-state index contributed by atoms with van der Waals surface area (Å²) in [5.41, 5.74) is 9.26. The van der Waals surface area contributed by atoms with Crippen molar-refractivity contribution in [2.75, 3.05) is 12.3 Å². The standard InChI is InChI=1S/C19H14N2O3/c1-2-24-19(23)16-15-10-6-3-4-7-11(10)17(22)12-8-5-9-13(14(12)15)21-18(16)20/h3-9H,2H2,1H3,(H2,20,21). The molecular weight excluding hydrogens is 304 g/mol. The van der Waals surface area contributed by atoms with Crippen LogP contribution in [0.4, 0.5) is 5.82 Å². The Morgan fingerprint density at radius 2 is 1.79 bits per heavy atom. The third-order valence-electron chi connectivity index (χ3n) is 4.20. The number of nitrogen functional groups attached to an aromatic ring is 1. The molecule has 2 N–H and O–H groups in total. The van der Waals surface area contributed by atoms with Crippen molar-refractivity contribution >= 4 is 28.5 Å². The molecule has 0 spiro atoms. The summed E-state index contributed by atoms with van der Waals surface area (Å²) in [4.78, 5) is 29.6. The number of carbonyl (C=O) groups is 2. The highest BCUT2D eigenvalue weighted by Gasteiger charge is 2.31. The van der Waals surface area contributed by atoms with Crippen LogP contribution in [-0.4, -0.2) is 23.3 Å². The number of nitrogens with two attached hydrogens (primary N) is 1. The van der Waals surface area contributed by atoms with Gasteiger partial charge in [-0.1, -0.05) is 36.4 Å². The number of nitrogens with zero attached hydrogens (tertiary/aromatic N) is 1. The maximum atomic E-state index is 12.8. The number of ether oxygens (including phenoxy) is 1. The number of benzene rings is 2. The Hall–Kier alpha value is -3.21. The van der Waals surface area contributed by atoms with Gasteiger partial charge in [-0.3, -0.25) is 4.79 Å². The first-order valence-corrected chi connectivity index (χ1v) is 7.67. The zero-order chi connectivity index (χ0) is 16.8. The van der Waals surface area contributed by atoms with Crippen molar-refractivity contribution in [2.24, 2.45) is 0 Å². The molecule has 5 nitrogen and oxygen atoms in total. The second-order valence-electron chi connectivity index (χ2n) is 5.54. The van der Waals surface area contributed by atoms with Gasteiger partial charge in [0.2, 0.25) is 0 Å². The van der Waals surface area contributed by atoms with Crippen molar-refractivity contribution in [3.05, 3.63) is 59.2 Å². The SMILES string of the molecule is CCOC(=O)c1c(N)nc2cccc3c2c1-c1ccccc1C3=O. The lowest BCUT2D eigenvalue weighted by Crippen LogP contribution is -2.17. The van der Waals surface area contributed by atoms with E-state index < -0.39 is 5.97 Å². The second-order valence-corrected chi connectivity index (χ2v) is 5.54. The van der Waals surface area contributed by atoms with E-state index in [1.165, 1.54) is 0 Å². The summed E-state index contributed by atoms with van der Waals surface area (Å²) in [6, 6.07) is 12.5. The molecule has 24 heavy (non-hydrogen) atoms. The van der Waals surface area contributed by atoms with Crippen LogP contribution in [-0.2, 0) is 4.74 Å². The maximum Gasteiger partial charge on any atom is 0.342 e. The van der Waals surface area contributed by atoms with E-state index in [0.29, 0.717) is 33.2 Å². The smallest absolute Gasteiger partial charge is 0.342 e. The summed E-state index contributed by atoms with van der Waals surface area (Å²) in [6.45, 7) is 1.97. The quantitative estimate of drug-likeness (QED) is 0.574. The molecule has 4 rings (SSSR count). The fourth-order valence-electron chi connectivity index (χ4n) is 3.25. The summed E-state index contributed by atoms with van der Waals surface area (Å²) < 4.78 is 5.16. The number of ketones is 1. The minimum atomic E-state index is -0.529. The number of fused-ring (bicyclic) bond motifs is 2. The Bertz CT molecular complexity index is 1020. The molecule has 0 saturated carbocycles. The van der Waals surface area contributed by atoms with Gasteiger partial charge in [-0.2, -0.15) is 0 Å². The van der Waals surface area contributed by atoms with Gasteiger partial charge < -0.3 is 10.5 Å². The predicted octanol–water partition coefficient (Wildman–Crippen LogP) is 3.21. The Labute approximate surface area is 138 Å². The number of esters is 1. The number of aromatic nitrogens is 1. The minimum Gasteiger partial charge on any atom is -0.462 e. The van der Waals surface area contributed by atoms with Crippen molar-refractivity contribution in [1.29, 1.82) is 0 Å². The predicted molar refractivity (Wildman–Crippen MR) is 91.0 cm³/mol. The molecule has 5 heteroatoms. The van der Waals surface area contributed by atoms with Crippen molar-refractivity contribution < 1.29 is 14.3 Å². The monoisotopic (exact) mass is 318 g/mol. The lowest BCUT2D eigenvalue weighted by atomic mass is 9.82. The largest absolute Gasteiger partial charge is 0.462 e. The third-order valence-corrected chi connectivity index (χ3v) is 4.20. The molecule has 118 valence electrons. The molecule has 0 saturated heterocycles. The van der Waals surface area contributed by atoms with E-state index in [0.717, 1.165) is 0 Å². The molecule has 1 aromatic heterocycles. The van der Waals surface area contributed by atoms with Crippen molar-refractivity contribution in [1.82, 2.24) is 4.98 Å². The van der Waals surface area contributed by atoms with Gasteiger partial charge in [0.15, 0.2) is 5.78 Å². The molecule has 1 heterocycles. The number of pyridine rings is 1. The highest BCUT2D eigenvalue weighted by Crippen LogP contribution is 2.42. The van der Waals surface area contributed by atoms with Crippen LogP contribution in [0.25, 0.3) is 22.0 Å². The molecule has 0 fully saturated rings. The van der Waals surface area contributed by atoms with E-state index in [2.05, 4.69) is 4.98 Å². The Balaban J connectivity index is 2.21. The molecule has 3 aromatic rings. The maximum absolute atomic E-state index is 12.8. The van der Waals surface area contributed by atoms with Gasteiger partial charge in [-0.15, -0.1) is 0 Å². The zero-order valence-electron chi connectivity index (χ0n) is 13.0. The van der Waals surface area contributed by atoms with Crippen LogP contribution in [0.5, 0.6) is 0 Å². The van der Waals surface area contributed by atoms with Gasteiger partial charge >= 0.3 is 5.97 Å². The van der Waals surface area contributed by atoms with Crippen molar-refractivity contribution in [3.8, 4) is 11.1 Å². The van der Waals surface area contributed by atoms with Crippen LogP contribution in [0.3, 0.4) is 0 Å². The Morgan fingerprint density at radius 1 is 1.08 bits per heavy atom. The van der Waals surface area contributed by atoms with Crippen LogP contribution in [0.2, 0.25) is 0 Å². The first kappa shape index (κ1) is 14.4. The van der Waals surface area contributed by atoms with E-state index in [9.17, 15) is 9.59 Å². The number of rotatable bonds is 2. The molecule has 0 amide bonds. The van der Waals surface area contributed by atoms with E-state index in [1.54, 1.807) is 37.3 Å². The van der Waals surface area contributed by atoms with Gasteiger partial charge in [-0.05, 0) is 18.6 Å². The average molecular weight is 318 g/mol. The zero-order valence-corrected chi connectivity index (χ0v) is 13.0.